The summed E-state index contributed by atoms with van der Waals surface area (Å²) in [7, 11) is 0. The molecule has 0 atom stereocenters. The zero-order valence-electron chi connectivity index (χ0n) is 18.8. The Morgan fingerprint density at radius 1 is 0.571 bits per heavy atom. The van der Waals surface area contributed by atoms with Crippen LogP contribution in [0.1, 0.15) is 16.1 Å². The van der Waals surface area contributed by atoms with Crippen LogP contribution in [0, 0.1) is 0 Å². The number of hydrogen-bond acceptors (Lipinski definition) is 2. The Hall–Kier alpha value is -4.08. The van der Waals surface area contributed by atoms with Gasteiger partial charge in [0.25, 0.3) is 0 Å². The summed E-state index contributed by atoms with van der Waals surface area (Å²) in [6.07, 6.45) is 3.46. The summed E-state index contributed by atoms with van der Waals surface area (Å²) in [6.45, 7) is 0. The van der Waals surface area contributed by atoms with Gasteiger partial charge in [0.2, 0.25) is 5.78 Å². The summed E-state index contributed by atoms with van der Waals surface area (Å²) in [5, 5.41) is 0. The lowest BCUT2D eigenvalue weighted by molar-refractivity contribution is 0.104. The molecule has 0 saturated heterocycles. The molecule has 1 aromatic heterocycles. The van der Waals surface area contributed by atoms with Gasteiger partial charge in [-0.15, -0.1) is 0 Å². The fraction of sp³-hybridized carbons (Fsp3) is 0. The van der Waals surface area contributed by atoms with Gasteiger partial charge in [-0.3, -0.25) is 4.79 Å². The molecule has 1 heterocycles. The zero-order valence-corrected chi connectivity index (χ0v) is 20.4. The van der Waals surface area contributed by atoms with Gasteiger partial charge in [0, 0.05) is 0 Å². The highest BCUT2D eigenvalue weighted by Gasteiger charge is 2.21. The van der Waals surface area contributed by atoms with Crippen molar-refractivity contribution < 1.29 is 4.79 Å². The number of benzene rings is 4. The number of carbonyl (C=O) groups is 1. The predicted molar refractivity (Wildman–Crippen MR) is 147 cm³/mol. The maximum Gasteiger partial charge on any atom is 0.204 e. The van der Waals surface area contributed by atoms with E-state index in [1.165, 1.54) is 38.9 Å². The average Bonchev–Trinajstić information content (AvgIpc) is 2.91. The van der Waals surface area contributed by atoms with E-state index in [0.29, 0.717) is 10.3 Å². The van der Waals surface area contributed by atoms with Crippen molar-refractivity contribution in [2.24, 2.45) is 0 Å². The molecule has 0 amide bonds. The van der Waals surface area contributed by atoms with Gasteiger partial charge in [-0.2, -0.15) is 0 Å². The van der Waals surface area contributed by atoms with Crippen molar-refractivity contribution >= 4 is 27.8 Å². The molecule has 4 aromatic carbocycles. The largest absolute Gasteiger partial charge is 0.288 e. The first-order valence-electron chi connectivity index (χ1n) is 11.5. The predicted octanol–water partition coefficient (Wildman–Crippen LogP) is 8.72. The van der Waals surface area contributed by atoms with Crippen molar-refractivity contribution in [1.29, 1.82) is 0 Å². The Morgan fingerprint density at radius 3 is 1.57 bits per heavy atom. The topological polar surface area (TPSA) is 30.0 Å². The highest BCUT2D eigenvalue weighted by molar-refractivity contribution is 9.10. The van der Waals surface area contributed by atoms with Crippen molar-refractivity contribution in [2.75, 3.05) is 0 Å². The number of allylic oxidation sites excluding steroid dienone is 1. The highest BCUT2D eigenvalue weighted by Crippen LogP contribution is 2.47. The van der Waals surface area contributed by atoms with Gasteiger partial charge in [-0.05, 0) is 90.3 Å². The smallest absolute Gasteiger partial charge is 0.204 e. The number of rotatable bonds is 3. The summed E-state index contributed by atoms with van der Waals surface area (Å²) in [4.78, 5) is 17.0. The first-order valence-corrected chi connectivity index (χ1v) is 12.3. The SMILES string of the molecule is O=C(/C=C/c1ccc2c(c1)-c1ccccc1-c1ccccc1-c1ccccc1-2)c1cccc(Br)n1. The summed E-state index contributed by atoms with van der Waals surface area (Å²) in [5.41, 5.74) is 11.0. The van der Waals surface area contributed by atoms with Crippen LogP contribution in [0.3, 0.4) is 0 Å². The third-order valence-electron chi connectivity index (χ3n) is 6.38. The molecule has 1 aliphatic rings. The number of pyridine rings is 1. The lowest BCUT2D eigenvalue weighted by Crippen LogP contribution is -1.98. The average molecular weight is 514 g/mol. The molecule has 0 radical (unpaired) electrons. The molecule has 166 valence electrons. The van der Waals surface area contributed by atoms with Crippen LogP contribution in [0.5, 0.6) is 0 Å². The Kier molecular flexibility index (Phi) is 5.48. The van der Waals surface area contributed by atoms with Crippen molar-refractivity contribution in [3.63, 3.8) is 0 Å². The highest BCUT2D eigenvalue weighted by atomic mass is 79.9. The molecule has 5 aromatic rings. The minimum atomic E-state index is -0.127. The van der Waals surface area contributed by atoms with E-state index in [1.54, 1.807) is 12.1 Å². The first-order chi connectivity index (χ1) is 17.2. The monoisotopic (exact) mass is 513 g/mol. The summed E-state index contributed by atoms with van der Waals surface area (Å²) >= 11 is 3.33. The first kappa shape index (κ1) is 21.5. The molecule has 0 fully saturated rings. The van der Waals surface area contributed by atoms with E-state index in [2.05, 4.69) is 112 Å². The van der Waals surface area contributed by atoms with Crippen molar-refractivity contribution in [2.45, 2.75) is 0 Å². The Balaban J connectivity index is 1.52. The molecule has 0 spiro atoms. The normalized spacial score (nSPS) is 11.6. The minimum Gasteiger partial charge on any atom is -0.288 e. The molecular formula is C32H20BrNO. The van der Waals surface area contributed by atoms with Gasteiger partial charge in [-0.25, -0.2) is 4.98 Å². The molecule has 35 heavy (non-hydrogen) atoms. The zero-order chi connectivity index (χ0) is 23.8. The quantitative estimate of drug-likeness (QED) is 0.134. The third kappa shape index (κ3) is 3.94. The lowest BCUT2D eigenvalue weighted by atomic mass is 9.80. The lowest BCUT2D eigenvalue weighted by Gasteiger charge is -2.23. The van der Waals surface area contributed by atoms with Gasteiger partial charge in [0.1, 0.15) is 10.3 Å². The number of halogens is 1. The molecule has 0 saturated carbocycles. The van der Waals surface area contributed by atoms with E-state index in [4.69, 9.17) is 0 Å². The van der Waals surface area contributed by atoms with E-state index >= 15 is 0 Å². The second-order valence-electron chi connectivity index (χ2n) is 8.48. The third-order valence-corrected chi connectivity index (χ3v) is 6.82. The van der Waals surface area contributed by atoms with Gasteiger partial charge in [0.05, 0.1) is 0 Å². The molecule has 0 aliphatic heterocycles. The number of fused-ring (bicyclic) bond motifs is 8. The van der Waals surface area contributed by atoms with Gasteiger partial charge < -0.3 is 0 Å². The summed E-state index contributed by atoms with van der Waals surface area (Å²) in [6, 6.07) is 37.5. The van der Waals surface area contributed by atoms with E-state index < -0.39 is 0 Å². The standard InChI is InChI=1S/C32H20BrNO/c33-32-15-7-14-30(34-32)31(35)19-17-21-16-18-28-26-12-4-3-10-24(26)22-8-1-2-9-23(22)25-11-5-6-13-27(25)29(28)20-21/h1-20H/b19-17+,24-22?,25-23?,28-26?,29-27?. The maximum absolute atomic E-state index is 12.7. The van der Waals surface area contributed by atoms with Crippen LogP contribution in [0.15, 0.2) is 120 Å². The second-order valence-corrected chi connectivity index (χ2v) is 9.30. The fourth-order valence-corrected chi connectivity index (χ4v) is 5.13. The van der Waals surface area contributed by atoms with Gasteiger partial charge in [-0.1, -0.05) is 97.1 Å². The molecule has 0 unspecified atom stereocenters. The van der Waals surface area contributed by atoms with Crippen molar-refractivity contribution in [3.8, 4) is 44.5 Å². The van der Waals surface area contributed by atoms with Crippen LogP contribution < -0.4 is 0 Å². The molecule has 1 aliphatic carbocycles. The number of carbonyl (C=O) groups excluding carboxylic acids is 1. The van der Waals surface area contributed by atoms with E-state index in [-0.39, 0.29) is 5.78 Å². The van der Waals surface area contributed by atoms with Crippen LogP contribution in [0.2, 0.25) is 0 Å². The van der Waals surface area contributed by atoms with E-state index in [1.807, 2.05) is 18.2 Å². The van der Waals surface area contributed by atoms with E-state index in [0.717, 1.165) is 11.1 Å². The van der Waals surface area contributed by atoms with Crippen LogP contribution in [0.25, 0.3) is 50.6 Å². The molecule has 3 heteroatoms. The van der Waals surface area contributed by atoms with Crippen LogP contribution in [0.4, 0.5) is 0 Å². The number of aromatic nitrogens is 1. The number of hydrogen-bond donors (Lipinski definition) is 0. The van der Waals surface area contributed by atoms with Gasteiger partial charge in [0.15, 0.2) is 0 Å². The fourth-order valence-electron chi connectivity index (χ4n) is 4.78. The maximum atomic E-state index is 12.7. The van der Waals surface area contributed by atoms with Crippen LogP contribution in [-0.2, 0) is 0 Å². The number of nitrogens with zero attached hydrogens (tertiary/aromatic N) is 1. The van der Waals surface area contributed by atoms with Crippen LogP contribution in [-0.4, -0.2) is 10.8 Å². The Bertz CT molecular complexity index is 1630. The number of ketones is 1. The Morgan fingerprint density at radius 2 is 1.06 bits per heavy atom. The van der Waals surface area contributed by atoms with Crippen molar-refractivity contribution in [1.82, 2.24) is 4.98 Å². The molecule has 0 N–H and O–H groups in total. The van der Waals surface area contributed by atoms with Crippen molar-refractivity contribution in [3.05, 3.63) is 131 Å². The Labute approximate surface area is 212 Å². The molecule has 2 nitrogen and oxygen atoms in total. The molecule has 0 bridgehead atoms. The second kappa shape index (κ2) is 8.94. The molecular weight excluding hydrogens is 494 g/mol. The van der Waals surface area contributed by atoms with Gasteiger partial charge >= 0.3 is 0 Å². The van der Waals surface area contributed by atoms with Crippen LogP contribution >= 0.6 is 15.9 Å². The minimum absolute atomic E-state index is 0.127. The molecule has 6 rings (SSSR count). The van der Waals surface area contributed by atoms with E-state index in [9.17, 15) is 4.79 Å². The summed E-state index contributed by atoms with van der Waals surface area (Å²) in [5.74, 6) is -0.127. The summed E-state index contributed by atoms with van der Waals surface area (Å²) < 4.78 is 0.647.